The maximum absolute atomic E-state index is 12.4. The average molecular weight is 385 g/mol. The fraction of sp³-hybridized carbons (Fsp3) is 0.316. The summed E-state index contributed by atoms with van der Waals surface area (Å²) in [5.41, 5.74) is 6.63. The number of amides is 1. The van der Waals surface area contributed by atoms with E-state index in [2.05, 4.69) is 15.2 Å². The molecule has 0 unspecified atom stereocenters. The Bertz CT molecular complexity index is 934. The van der Waals surface area contributed by atoms with Gasteiger partial charge in [0.15, 0.2) is 0 Å². The number of hydrogen-bond acceptors (Lipinski definition) is 6. The normalized spacial score (nSPS) is 10.4. The summed E-state index contributed by atoms with van der Waals surface area (Å²) < 4.78 is 5.67. The molecule has 0 aliphatic heterocycles. The molecule has 28 heavy (non-hydrogen) atoms. The molecule has 0 aliphatic carbocycles. The lowest BCUT2D eigenvalue weighted by Crippen LogP contribution is -2.33. The SMILES string of the molecule is COC(=O)CCCCNC(=O)c1cc(-c2ccc(C(=N)N)cc2)nn(C)c1=O. The lowest BCUT2D eigenvalue weighted by atomic mass is 10.1. The molecule has 9 nitrogen and oxygen atoms in total. The largest absolute Gasteiger partial charge is 0.469 e. The molecular formula is C19H23N5O4. The maximum Gasteiger partial charge on any atom is 0.305 e. The molecule has 1 amide bonds. The number of methoxy groups -OCH3 is 1. The average Bonchev–Trinajstić information content (AvgIpc) is 2.69. The lowest BCUT2D eigenvalue weighted by molar-refractivity contribution is -0.140. The number of unbranched alkanes of at least 4 members (excludes halogenated alkanes) is 1. The third-order valence-electron chi connectivity index (χ3n) is 4.12. The van der Waals surface area contributed by atoms with Gasteiger partial charge in [-0.05, 0) is 18.9 Å². The second-order valence-corrected chi connectivity index (χ2v) is 6.15. The van der Waals surface area contributed by atoms with Crippen molar-refractivity contribution in [1.82, 2.24) is 15.1 Å². The van der Waals surface area contributed by atoms with Crippen molar-refractivity contribution in [3.8, 4) is 11.3 Å². The smallest absolute Gasteiger partial charge is 0.305 e. The monoisotopic (exact) mass is 385 g/mol. The van der Waals surface area contributed by atoms with Crippen molar-refractivity contribution in [2.24, 2.45) is 12.8 Å². The Kier molecular flexibility index (Phi) is 7.02. The van der Waals surface area contributed by atoms with Crippen LogP contribution < -0.4 is 16.6 Å². The van der Waals surface area contributed by atoms with Gasteiger partial charge in [0.05, 0.1) is 12.8 Å². The number of rotatable bonds is 8. The molecule has 0 radical (unpaired) electrons. The van der Waals surface area contributed by atoms with Crippen molar-refractivity contribution in [3.63, 3.8) is 0 Å². The van der Waals surface area contributed by atoms with Crippen LogP contribution in [0.3, 0.4) is 0 Å². The number of amidine groups is 1. The van der Waals surface area contributed by atoms with Gasteiger partial charge in [0.25, 0.3) is 11.5 Å². The number of carbonyl (C=O) groups excluding carboxylic acids is 2. The molecule has 0 bridgehead atoms. The number of ether oxygens (including phenoxy) is 1. The van der Waals surface area contributed by atoms with Crippen LogP contribution in [0.25, 0.3) is 11.3 Å². The summed E-state index contributed by atoms with van der Waals surface area (Å²) in [6, 6.07) is 8.22. The number of hydrogen-bond donors (Lipinski definition) is 3. The van der Waals surface area contributed by atoms with E-state index < -0.39 is 11.5 Å². The second kappa shape index (κ2) is 9.45. The van der Waals surface area contributed by atoms with E-state index in [1.165, 1.54) is 20.2 Å². The van der Waals surface area contributed by atoms with Gasteiger partial charge < -0.3 is 15.8 Å². The predicted octanol–water partition coefficient (Wildman–Crippen LogP) is 0.804. The first-order valence-corrected chi connectivity index (χ1v) is 8.71. The molecule has 1 heterocycles. The third kappa shape index (κ3) is 5.26. The van der Waals surface area contributed by atoms with Gasteiger partial charge in [-0.25, -0.2) is 4.68 Å². The lowest BCUT2D eigenvalue weighted by Gasteiger charge is -2.09. The Morgan fingerprint density at radius 1 is 1.25 bits per heavy atom. The van der Waals surface area contributed by atoms with Crippen LogP contribution in [-0.2, 0) is 16.6 Å². The first-order valence-electron chi connectivity index (χ1n) is 8.71. The molecule has 2 aromatic rings. The number of aromatic nitrogens is 2. The van der Waals surface area contributed by atoms with Gasteiger partial charge in [-0.2, -0.15) is 5.10 Å². The zero-order valence-electron chi connectivity index (χ0n) is 15.8. The standard InChI is InChI=1S/C19H23N5O4/c1-24-19(27)14(18(26)22-10-4-3-5-16(25)28-2)11-15(23-24)12-6-8-13(9-7-12)17(20)21/h6-9,11H,3-5,10H2,1-2H3,(H3,20,21)(H,22,26). The van der Waals surface area contributed by atoms with Crippen LogP contribution in [0.15, 0.2) is 35.1 Å². The number of nitrogens with two attached hydrogens (primary N) is 1. The molecule has 2 rings (SSSR count). The predicted molar refractivity (Wildman–Crippen MR) is 104 cm³/mol. The highest BCUT2D eigenvalue weighted by Crippen LogP contribution is 2.17. The number of aryl methyl sites for hydroxylation is 1. The van der Waals surface area contributed by atoms with Gasteiger partial charge in [-0.15, -0.1) is 0 Å². The van der Waals surface area contributed by atoms with Crippen LogP contribution in [0.2, 0.25) is 0 Å². The molecule has 0 aliphatic rings. The van der Waals surface area contributed by atoms with E-state index in [0.29, 0.717) is 36.2 Å². The van der Waals surface area contributed by atoms with Gasteiger partial charge in [-0.3, -0.25) is 19.8 Å². The Morgan fingerprint density at radius 2 is 1.93 bits per heavy atom. The summed E-state index contributed by atoms with van der Waals surface area (Å²) in [5.74, 6) is -0.843. The fourth-order valence-corrected chi connectivity index (χ4v) is 2.53. The first-order chi connectivity index (χ1) is 13.3. The van der Waals surface area contributed by atoms with Gasteiger partial charge >= 0.3 is 5.97 Å². The van der Waals surface area contributed by atoms with E-state index in [-0.39, 0.29) is 23.8 Å². The molecule has 1 aromatic heterocycles. The molecule has 9 heteroatoms. The van der Waals surface area contributed by atoms with Crippen LogP contribution in [0, 0.1) is 5.41 Å². The summed E-state index contributed by atoms with van der Waals surface area (Å²) in [6.07, 6.45) is 1.45. The second-order valence-electron chi connectivity index (χ2n) is 6.15. The number of nitrogen functional groups attached to an aromatic ring is 1. The van der Waals surface area contributed by atoms with E-state index in [4.69, 9.17) is 11.1 Å². The minimum absolute atomic E-state index is 0.0175. The van der Waals surface area contributed by atoms with Crippen molar-refractivity contribution in [1.29, 1.82) is 5.41 Å². The molecular weight excluding hydrogens is 362 g/mol. The van der Waals surface area contributed by atoms with Gasteiger partial charge in [0.2, 0.25) is 0 Å². The molecule has 0 saturated carbocycles. The van der Waals surface area contributed by atoms with Crippen LogP contribution >= 0.6 is 0 Å². The third-order valence-corrected chi connectivity index (χ3v) is 4.12. The number of nitrogens with zero attached hydrogens (tertiary/aromatic N) is 2. The fourth-order valence-electron chi connectivity index (χ4n) is 2.53. The van der Waals surface area contributed by atoms with E-state index in [0.717, 1.165) is 4.68 Å². The number of nitrogens with one attached hydrogen (secondary N) is 2. The molecule has 0 saturated heterocycles. The zero-order chi connectivity index (χ0) is 20.7. The highest BCUT2D eigenvalue weighted by atomic mass is 16.5. The van der Waals surface area contributed by atoms with E-state index >= 15 is 0 Å². The molecule has 0 fully saturated rings. The summed E-state index contributed by atoms with van der Waals surface area (Å²) >= 11 is 0. The minimum Gasteiger partial charge on any atom is -0.469 e. The van der Waals surface area contributed by atoms with Crippen molar-refractivity contribution in [2.45, 2.75) is 19.3 Å². The number of carbonyl (C=O) groups is 2. The highest BCUT2D eigenvalue weighted by Gasteiger charge is 2.15. The Hall–Kier alpha value is -3.49. The molecule has 4 N–H and O–H groups in total. The van der Waals surface area contributed by atoms with Crippen molar-refractivity contribution < 1.29 is 14.3 Å². The van der Waals surface area contributed by atoms with Crippen LogP contribution in [-0.4, -0.2) is 41.1 Å². The first kappa shape index (κ1) is 20.8. The minimum atomic E-state index is -0.504. The molecule has 0 atom stereocenters. The Balaban J connectivity index is 2.12. The van der Waals surface area contributed by atoms with Crippen LogP contribution in [0.5, 0.6) is 0 Å². The number of esters is 1. The maximum atomic E-state index is 12.4. The summed E-state index contributed by atoms with van der Waals surface area (Å²) in [5, 5.41) is 14.3. The molecule has 0 spiro atoms. The zero-order valence-corrected chi connectivity index (χ0v) is 15.8. The highest BCUT2D eigenvalue weighted by molar-refractivity contribution is 5.96. The van der Waals surface area contributed by atoms with Crippen LogP contribution in [0.4, 0.5) is 0 Å². The Labute approximate surface area is 162 Å². The van der Waals surface area contributed by atoms with Gasteiger partial charge in [0, 0.05) is 31.1 Å². The van der Waals surface area contributed by atoms with Gasteiger partial charge in [0.1, 0.15) is 11.4 Å². The van der Waals surface area contributed by atoms with Gasteiger partial charge in [-0.1, -0.05) is 24.3 Å². The molecule has 1 aromatic carbocycles. The van der Waals surface area contributed by atoms with E-state index in [1.54, 1.807) is 24.3 Å². The van der Waals surface area contributed by atoms with Crippen molar-refractivity contribution >= 4 is 17.7 Å². The topological polar surface area (TPSA) is 140 Å². The Morgan fingerprint density at radius 3 is 2.54 bits per heavy atom. The summed E-state index contributed by atoms with van der Waals surface area (Å²) in [6.45, 7) is 0.337. The number of benzene rings is 1. The van der Waals surface area contributed by atoms with Crippen LogP contribution in [0.1, 0.15) is 35.2 Å². The summed E-state index contributed by atoms with van der Waals surface area (Å²) in [7, 11) is 2.80. The van der Waals surface area contributed by atoms with Crippen molar-refractivity contribution in [2.75, 3.05) is 13.7 Å². The van der Waals surface area contributed by atoms with E-state index in [9.17, 15) is 14.4 Å². The quantitative estimate of drug-likeness (QED) is 0.266. The molecule has 148 valence electrons. The van der Waals surface area contributed by atoms with Crippen molar-refractivity contribution in [3.05, 3.63) is 51.8 Å². The summed E-state index contributed by atoms with van der Waals surface area (Å²) in [4.78, 5) is 35.8. The van der Waals surface area contributed by atoms with E-state index in [1.807, 2.05) is 0 Å².